The van der Waals surface area contributed by atoms with Gasteiger partial charge in [-0.2, -0.15) is 4.98 Å². The molecule has 1 aromatic heterocycles. The number of benzene rings is 1. The van der Waals surface area contributed by atoms with Gasteiger partial charge >= 0.3 is 0 Å². The Balaban J connectivity index is 2.57. The molecule has 0 atom stereocenters. The Morgan fingerprint density at radius 2 is 2.21 bits per heavy atom. The first-order chi connectivity index (χ1) is 6.68. The van der Waals surface area contributed by atoms with Gasteiger partial charge in [0.15, 0.2) is 5.82 Å². The van der Waals surface area contributed by atoms with Crippen molar-refractivity contribution in [2.24, 2.45) is 0 Å². The summed E-state index contributed by atoms with van der Waals surface area (Å²) in [4.78, 5) is 4.09. The van der Waals surface area contributed by atoms with Crippen LogP contribution in [0.3, 0.4) is 0 Å². The highest BCUT2D eigenvalue weighted by Crippen LogP contribution is 2.24. The van der Waals surface area contributed by atoms with Crippen LogP contribution in [-0.2, 0) is 0 Å². The molecule has 0 unspecified atom stereocenters. The van der Waals surface area contributed by atoms with Gasteiger partial charge in [0.1, 0.15) is 0 Å². The monoisotopic (exact) mass is 300 g/mol. The second-order valence-electron chi connectivity index (χ2n) is 2.98. The molecule has 0 spiro atoms. The second kappa shape index (κ2) is 3.56. The summed E-state index contributed by atoms with van der Waals surface area (Å²) in [6.45, 7) is 2.06. The maximum atomic E-state index is 5.45. The van der Waals surface area contributed by atoms with E-state index in [0.29, 0.717) is 0 Å². The lowest BCUT2D eigenvalue weighted by molar-refractivity contribution is 1.10. The van der Waals surface area contributed by atoms with Crippen LogP contribution in [0.5, 0.6) is 0 Å². The number of aromatic nitrogens is 3. The Hall–Kier alpha value is -1.11. The van der Waals surface area contributed by atoms with Gasteiger partial charge in [-0.1, -0.05) is 18.2 Å². The van der Waals surface area contributed by atoms with E-state index in [1.54, 1.807) is 0 Å². The highest BCUT2D eigenvalue weighted by molar-refractivity contribution is 14.1. The Morgan fingerprint density at radius 1 is 1.43 bits per heavy atom. The molecule has 5 heteroatoms. The first-order valence-corrected chi connectivity index (χ1v) is 5.19. The third kappa shape index (κ3) is 1.59. The summed E-state index contributed by atoms with van der Waals surface area (Å²) in [5.41, 5.74) is 7.71. The largest absolute Gasteiger partial charge is 0.366 e. The van der Waals surface area contributed by atoms with Gasteiger partial charge in [0, 0.05) is 9.13 Å². The first kappa shape index (κ1) is 9.45. The number of aromatic amines is 1. The number of halogens is 1. The van der Waals surface area contributed by atoms with Crippen molar-refractivity contribution in [2.45, 2.75) is 6.92 Å². The lowest BCUT2D eigenvalue weighted by atomic mass is 10.1. The molecule has 4 nitrogen and oxygen atoms in total. The molecular weight excluding hydrogens is 291 g/mol. The highest BCUT2D eigenvalue weighted by atomic mass is 127. The number of hydrogen-bond acceptors (Lipinski definition) is 3. The normalized spacial score (nSPS) is 10.4. The van der Waals surface area contributed by atoms with E-state index in [9.17, 15) is 0 Å². The summed E-state index contributed by atoms with van der Waals surface area (Å²) in [6, 6.07) is 6.05. The summed E-state index contributed by atoms with van der Waals surface area (Å²) in [7, 11) is 0. The third-order valence-corrected chi connectivity index (χ3v) is 3.38. The summed E-state index contributed by atoms with van der Waals surface area (Å²) in [5.74, 6) is 0.993. The predicted octanol–water partition coefficient (Wildman–Crippen LogP) is 1.97. The van der Waals surface area contributed by atoms with Gasteiger partial charge < -0.3 is 5.73 Å². The molecule has 72 valence electrons. The minimum atomic E-state index is 0.275. The molecule has 0 aliphatic rings. The number of rotatable bonds is 1. The molecule has 1 aromatic carbocycles. The Bertz CT molecular complexity index is 464. The summed E-state index contributed by atoms with van der Waals surface area (Å²) >= 11 is 2.29. The quantitative estimate of drug-likeness (QED) is 0.791. The molecule has 3 N–H and O–H groups in total. The molecular formula is C9H9IN4. The molecule has 0 amide bonds. The van der Waals surface area contributed by atoms with Crippen molar-refractivity contribution in [3.8, 4) is 11.4 Å². The standard InChI is InChI=1S/C9H9IN4/c1-5-3-2-4-6(7(5)10)8-12-9(11)14-13-8/h2-4H,1H3,(H3,11,12,13,14). The van der Waals surface area contributed by atoms with Crippen LogP contribution in [0.4, 0.5) is 5.95 Å². The molecule has 2 rings (SSSR count). The van der Waals surface area contributed by atoms with Gasteiger partial charge in [0.25, 0.3) is 0 Å². The molecule has 0 aliphatic carbocycles. The number of nitrogen functional groups attached to an aromatic ring is 1. The van der Waals surface area contributed by atoms with Crippen LogP contribution in [0.2, 0.25) is 0 Å². The van der Waals surface area contributed by atoms with Gasteiger partial charge in [-0.25, -0.2) is 0 Å². The predicted molar refractivity (Wildman–Crippen MR) is 63.7 cm³/mol. The summed E-state index contributed by atoms with van der Waals surface area (Å²) in [6.07, 6.45) is 0. The molecule has 0 saturated heterocycles. The van der Waals surface area contributed by atoms with Crippen molar-refractivity contribution in [1.82, 2.24) is 15.2 Å². The zero-order chi connectivity index (χ0) is 10.1. The zero-order valence-corrected chi connectivity index (χ0v) is 9.74. The van der Waals surface area contributed by atoms with Crippen LogP contribution in [0.25, 0.3) is 11.4 Å². The number of nitrogens with two attached hydrogens (primary N) is 1. The molecule has 0 aliphatic heterocycles. The summed E-state index contributed by atoms with van der Waals surface area (Å²) in [5, 5.41) is 6.60. The second-order valence-corrected chi connectivity index (χ2v) is 4.06. The van der Waals surface area contributed by atoms with Crippen LogP contribution in [0.1, 0.15) is 5.56 Å². The maximum absolute atomic E-state index is 5.45. The van der Waals surface area contributed by atoms with E-state index in [0.717, 1.165) is 11.4 Å². The van der Waals surface area contributed by atoms with Crippen LogP contribution in [0.15, 0.2) is 18.2 Å². The molecule has 1 heterocycles. The number of aryl methyl sites for hydroxylation is 1. The number of nitrogens with one attached hydrogen (secondary N) is 1. The minimum Gasteiger partial charge on any atom is -0.366 e. The van der Waals surface area contributed by atoms with Crippen molar-refractivity contribution < 1.29 is 0 Å². The zero-order valence-electron chi connectivity index (χ0n) is 7.58. The van der Waals surface area contributed by atoms with Crippen LogP contribution < -0.4 is 5.73 Å². The average Bonchev–Trinajstić information content (AvgIpc) is 2.57. The third-order valence-electron chi connectivity index (χ3n) is 1.95. The van der Waals surface area contributed by atoms with E-state index >= 15 is 0 Å². The van der Waals surface area contributed by atoms with E-state index in [-0.39, 0.29) is 5.95 Å². The fourth-order valence-corrected chi connectivity index (χ4v) is 1.84. The van der Waals surface area contributed by atoms with E-state index in [4.69, 9.17) is 5.73 Å². The van der Waals surface area contributed by atoms with Crippen LogP contribution >= 0.6 is 22.6 Å². The summed E-state index contributed by atoms with van der Waals surface area (Å²) < 4.78 is 1.17. The topological polar surface area (TPSA) is 67.6 Å². The van der Waals surface area contributed by atoms with Gasteiger partial charge in [-0.15, -0.1) is 5.10 Å². The Labute approximate surface area is 95.1 Å². The number of hydrogen-bond donors (Lipinski definition) is 2. The molecule has 2 aromatic rings. The number of H-pyrrole nitrogens is 1. The Kier molecular flexibility index (Phi) is 2.40. The van der Waals surface area contributed by atoms with Crippen molar-refractivity contribution >= 4 is 28.5 Å². The van der Waals surface area contributed by atoms with Crippen LogP contribution in [0, 0.1) is 10.5 Å². The van der Waals surface area contributed by atoms with Gasteiger partial charge in [-0.3, -0.25) is 5.10 Å². The lowest BCUT2D eigenvalue weighted by Crippen LogP contribution is -1.89. The SMILES string of the molecule is Cc1cccc(-c2nc(N)n[nH]2)c1I. The minimum absolute atomic E-state index is 0.275. The molecule has 14 heavy (non-hydrogen) atoms. The smallest absolute Gasteiger partial charge is 0.239 e. The van der Waals surface area contributed by atoms with Gasteiger partial charge in [-0.05, 0) is 35.1 Å². The van der Waals surface area contributed by atoms with E-state index in [1.807, 2.05) is 12.1 Å². The van der Waals surface area contributed by atoms with Gasteiger partial charge in [0.2, 0.25) is 5.95 Å². The number of anilines is 1. The molecule has 0 bridgehead atoms. The highest BCUT2D eigenvalue weighted by Gasteiger charge is 2.08. The maximum Gasteiger partial charge on any atom is 0.239 e. The van der Waals surface area contributed by atoms with Gasteiger partial charge in [0.05, 0.1) is 0 Å². The van der Waals surface area contributed by atoms with Crippen molar-refractivity contribution in [3.63, 3.8) is 0 Å². The van der Waals surface area contributed by atoms with Crippen molar-refractivity contribution in [2.75, 3.05) is 5.73 Å². The van der Waals surface area contributed by atoms with E-state index in [2.05, 4.69) is 50.8 Å². The number of nitrogens with zero attached hydrogens (tertiary/aromatic N) is 2. The van der Waals surface area contributed by atoms with Crippen molar-refractivity contribution in [1.29, 1.82) is 0 Å². The molecule has 0 radical (unpaired) electrons. The fourth-order valence-electron chi connectivity index (χ4n) is 1.23. The van der Waals surface area contributed by atoms with E-state index in [1.165, 1.54) is 9.13 Å². The lowest BCUT2D eigenvalue weighted by Gasteiger charge is -2.02. The Morgan fingerprint density at radius 3 is 2.86 bits per heavy atom. The van der Waals surface area contributed by atoms with E-state index < -0.39 is 0 Å². The fraction of sp³-hybridized carbons (Fsp3) is 0.111. The molecule has 0 saturated carbocycles. The molecule has 0 fully saturated rings. The van der Waals surface area contributed by atoms with Crippen molar-refractivity contribution in [3.05, 3.63) is 27.3 Å². The average molecular weight is 300 g/mol. The first-order valence-electron chi connectivity index (χ1n) is 4.12. The van der Waals surface area contributed by atoms with Crippen LogP contribution in [-0.4, -0.2) is 15.2 Å².